The third-order valence-electron chi connectivity index (χ3n) is 5.36. The van der Waals surface area contributed by atoms with Gasteiger partial charge >= 0.3 is 0 Å². The van der Waals surface area contributed by atoms with Crippen molar-refractivity contribution < 1.29 is 14.3 Å². The normalized spacial score (nSPS) is 10.9. The summed E-state index contributed by atoms with van der Waals surface area (Å²) < 4.78 is 13.4. The van der Waals surface area contributed by atoms with E-state index in [2.05, 4.69) is 15.4 Å². The van der Waals surface area contributed by atoms with Gasteiger partial charge in [0.25, 0.3) is 5.56 Å². The first-order valence-electron chi connectivity index (χ1n) is 9.94. The van der Waals surface area contributed by atoms with Crippen LogP contribution in [-0.2, 0) is 11.3 Å². The van der Waals surface area contributed by atoms with Crippen molar-refractivity contribution in [2.45, 2.75) is 20.4 Å². The highest BCUT2D eigenvalue weighted by Gasteiger charge is 2.15. The van der Waals surface area contributed by atoms with Crippen LogP contribution in [0.15, 0.2) is 53.7 Å². The number of anilines is 1. The van der Waals surface area contributed by atoms with Crippen molar-refractivity contribution in [1.82, 2.24) is 19.3 Å². The van der Waals surface area contributed by atoms with Gasteiger partial charge in [-0.15, -0.1) is 0 Å². The standard InChI is InChI=1S/C23H23N5O4/c1-14-6-5-7-19(15(14)2)28-22-17(11-25-28)23(30)27(13-24-22)12-21(29)26-18-9-8-16(31-3)10-20(18)32-4/h5-11,13H,12H2,1-4H3,(H,26,29). The van der Waals surface area contributed by atoms with Gasteiger partial charge in [0.1, 0.15) is 29.8 Å². The van der Waals surface area contributed by atoms with Gasteiger partial charge in [-0.05, 0) is 43.2 Å². The minimum atomic E-state index is -0.390. The zero-order chi connectivity index (χ0) is 22.8. The molecule has 0 aliphatic rings. The Morgan fingerprint density at radius 3 is 2.69 bits per heavy atom. The number of nitrogens with zero attached hydrogens (tertiary/aromatic N) is 4. The van der Waals surface area contributed by atoms with Gasteiger partial charge in [0, 0.05) is 6.07 Å². The Labute approximate surface area is 184 Å². The first kappa shape index (κ1) is 21.1. The molecular weight excluding hydrogens is 410 g/mol. The average molecular weight is 433 g/mol. The molecule has 0 aliphatic heterocycles. The first-order chi connectivity index (χ1) is 15.4. The van der Waals surface area contributed by atoms with Crippen LogP contribution in [0.3, 0.4) is 0 Å². The molecule has 2 aromatic carbocycles. The molecular formula is C23H23N5O4. The predicted octanol–water partition coefficient (Wildman–Crippen LogP) is 2.85. The quantitative estimate of drug-likeness (QED) is 0.502. The van der Waals surface area contributed by atoms with Crippen LogP contribution in [0.4, 0.5) is 5.69 Å². The Hall–Kier alpha value is -4.14. The van der Waals surface area contributed by atoms with Crippen LogP contribution in [0, 0.1) is 13.8 Å². The third kappa shape index (κ3) is 3.80. The number of carbonyl (C=O) groups excluding carboxylic acids is 1. The van der Waals surface area contributed by atoms with E-state index in [1.54, 1.807) is 30.0 Å². The summed E-state index contributed by atoms with van der Waals surface area (Å²) in [5, 5.41) is 7.46. The number of hydrogen-bond donors (Lipinski definition) is 1. The number of amides is 1. The monoisotopic (exact) mass is 433 g/mol. The van der Waals surface area contributed by atoms with Gasteiger partial charge in [-0.1, -0.05) is 12.1 Å². The molecule has 2 aromatic heterocycles. The molecule has 2 heterocycles. The molecule has 0 aliphatic carbocycles. The van der Waals surface area contributed by atoms with E-state index in [1.165, 1.54) is 24.2 Å². The number of nitrogens with one attached hydrogen (secondary N) is 1. The van der Waals surface area contributed by atoms with E-state index in [-0.39, 0.29) is 12.1 Å². The summed E-state index contributed by atoms with van der Waals surface area (Å²) in [4.78, 5) is 30.0. The number of hydrogen-bond acceptors (Lipinski definition) is 6. The fraction of sp³-hybridized carbons (Fsp3) is 0.217. The lowest BCUT2D eigenvalue weighted by atomic mass is 10.1. The smallest absolute Gasteiger partial charge is 0.264 e. The summed E-state index contributed by atoms with van der Waals surface area (Å²) in [5.74, 6) is 0.665. The van der Waals surface area contributed by atoms with E-state index in [1.807, 2.05) is 32.0 Å². The minimum absolute atomic E-state index is 0.203. The molecule has 164 valence electrons. The van der Waals surface area contributed by atoms with Gasteiger partial charge < -0.3 is 14.8 Å². The Bertz CT molecular complexity index is 1370. The summed E-state index contributed by atoms with van der Waals surface area (Å²) in [6.07, 6.45) is 2.84. The van der Waals surface area contributed by atoms with Crippen molar-refractivity contribution in [3.8, 4) is 17.2 Å². The molecule has 0 fully saturated rings. The molecule has 9 heteroatoms. The highest BCUT2D eigenvalue weighted by molar-refractivity contribution is 5.92. The number of fused-ring (bicyclic) bond motifs is 1. The third-order valence-corrected chi connectivity index (χ3v) is 5.36. The van der Waals surface area contributed by atoms with Crippen molar-refractivity contribution >= 4 is 22.6 Å². The summed E-state index contributed by atoms with van der Waals surface area (Å²) in [6.45, 7) is 3.81. The fourth-order valence-electron chi connectivity index (χ4n) is 3.45. The molecule has 9 nitrogen and oxygen atoms in total. The number of aromatic nitrogens is 4. The van der Waals surface area contributed by atoms with Crippen molar-refractivity contribution in [3.63, 3.8) is 0 Å². The molecule has 0 atom stereocenters. The molecule has 4 rings (SSSR count). The van der Waals surface area contributed by atoms with E-state index in [0.717, 1.165) is 16.8 Å². The second-order valence-corrected chi connectivity index (χ2v) is 7.30. The summed E-state index contributed by atoms with van der Waals surface area (Å²) in [6, 6.07) is 10.9. The molecule has 1 amide bonds. The lowest BCUT2D eigenvalue weighted by molar-refractivity contribution is -0.116. The molecule has 0 spiro atoms. The van der Waals surface area contributed by atoms with E-state index in [9.17, 15) is 9.59 Å². The highest BCUT2D eigenvalue weighted by Crippen LogP contribution is 2.29. The number of aryl methyl sites for hydroxylation is 1. The van der Waals surface area contributed by atoms with Gasteiger partial charge in [0.15, 0.2) is 5.65 Å². The predicted molar refractivity (Wildman–Crippen MR) is 121 cm³/mol. The number of carbonyl (C=O) groups is 1. The van der Waals surface area contributed by atoms with Crippen LogP contribution >= 0.6 is 0 Å². The lowest BCUT2D eigenvalue weighted by Gasteiger charge is -2.12. The largest absolute Gasteiger partial charge is 0.497 e. The zero-order valence-electron chi connectivity index (χ0n) is 18.2. The van der Waals surface area contributed by atoms with Gasteiger partial charge in [-0.3, -0.25) is 14.2 Å². The van der Waals surface area contributed by atoms with Crippen molar-refractivity contribution in [3.05, 3.63) is 70.4 Å². The number of rotatable bonds is 6. The van der Waals surface area contributed by atoms with E-state index in [4.69, 9.17) is 9.47 Å². The Morgan fingerprint density at radius 2 is 1.94 bits per heavy atom. The molecule has 4 aromatic rings. The van der Waals surface area contributed by atoms with Gasteiger partial charge in [0.05, 0.1) is 31.8 Å². The topological polar surface area (TPSA) is 100 Å². The van der Waals surface area contributed by atoms with Crippen LogP contribution in [0.2, 0.25) is 0 Å². The van der Waals surface area contributed by atoms with Gasteiger partial charge in [-0.2, -0.15) is 5.10 Å². The average Bonchev–Trinajstić information content (AvgIpc) is 3.22. The number of ether oxygens (including phenoxy) is 2. The summed E-state index contributed by atoms with van der Waals surface area (Å²) >= 11 is 0. The number of methoxy groups -OCH3 is 2. The summed E-state index contributed by atoms with van der Waals surface area (Å²) in [7, 11) is 3.05. The zero-order valence-corrected chi connectivity index (χ0v) is 18.2. The SMILES string of the molecule is COc1ccc(NC(=O)Cn2cnc3c(cnn3-c3cccc(C)c3C)c2=O)c(OC)c1. The molecule has 0 radical (unpaired) electrons. The molecule has 0 saturated carbocycles. The van der Waals surface area contributed by atoms with Crippen molar-refractivity contribution in [1.29, 1.82) is 0 Å². The second kappa shape index (κ2) is 8.54. The molecule has 0 bridgehead atoms. The van der Waals surface area contributed by atoms with Crippen LogP contribution in [0.25, 0.3) is 16.7 Å². The molecule has 1 N–H and O–H groups in total. The van der Waals surface area contributed by atoms with Gasteiger partial charge in [-0.25, -0.2) is 9.67 Å². The van der Waals surface area contributed by atoms with Crippen LogP contribution in [0.1, 0.15) is 11.1 Å². The van der Waals surface area contributed by atoms with E-state index >= 15 is 0 Å². The van der Waals surface area contributed by atoms with E-state index < -0.39 is 5.91 Å². The molecule has 32 heavy (non-hydrogen) atoms. The Balaban J connectivity index is 1.61. The van der Waals surface area contributed by atoms with Crippen LogP contribution < -0.4 is 20.3 Å². The molecule has 0 unspecified atom stereocenters. The number of benzene rings is 2. The minimum Gasteiger partial charge on any atom is -0.497 e. The maximum absolute atomic E-state index is 13.0. The van der Waals surface area contributed by atoms with Crippen molar-refractivity contribution in [2.24, 2.45) is 0 Å². The lowest BCUT2D eigenvalue weighted by Crippen LogP contribution is -2.28. The Morgan fingerprint density at radius 1 is 1.12 bits per heavy atom. The van der Waals surface area contributed by atoms with E-state index in [0.29, 0.717) is 28.2 Å². The van der Waals surface area contributed by atoms with Crippen LogP contribution in [0.5, 0.6) is 11.5 Å². The fourth-order valence-corrected chi connectivity index (χ4v) is 3.45. The second-order valence-electron chi connectivity index (χ2n) is 7.30. The summed E-state index contributed by atoms with van der Waals surface area (Å²) in [5.41, 5.74) is 3.60. The highest BCUT2D eigenvalue weighted by atomic mass is 16.5. The maximum atomic E-state index is 13.0. The first-order valence-corrected chi connectivity index (χ1v) is 9.94. The molecule has 0 saturated heterocycles. The van der Waals surface area contributed by atoms with Crippen molar-refractivity contribution in [2.75, 3.05) is 19.5 Å². The van der Waals surface area contributed by atoms with Crippen LogP contribution in [-0.4, -0.2) is 39.5 Å². The maximum Gasteiger partial charge on any atom is 0.264 e. The Kier molecular flexibility index (Phi) is 5.63. The van der Waals surface area contributed by atoms with Gasteiger partial charge in [0.2, 0.25) is 5.91 Å².